The molecule has 32 heavy (non-hydrogen) atoms. The lowest BCUT2D eigenvalue weighted by Gasteiger charge is -2.38. The van der Waals surface area contributed by atoms with Crippen molar-refractivity contribution in [2.75, 3.05) is 19.6 Å². The fourth-order valence-corrected chi connectivity index (χ4v) is 5.79. The number of carbonyl (C=O) groups is 2. The first-order valence-corrected chi connectivity index (χ1v) is 12.3. The number of sulfonamides is 1. The number of fused-ring (bicyclic) bond motifs is 2. The summed E-state index contributed by atoms with van der Waals surface area (Å²) in [6.45, 7) is 3.27. The summed E-state index contributed by atoms with van der Waals surface area (Å²) >= 11 is 0. The molecule has 1 aromatic rings. The number of nitrogens with two attached hydrogens (primary N) is 2. The minimum atomic E-state index is -3.83. The Hall–Kier alpha value is -2.52. The van der Waals surface area contributed by atoms with Gasteiger partial charge in [-0.2, -0.15) is 5.26 Å². The first-order chi connectivity index (χ1) is 15.1. The van der Waals surface area contributed by atoms with Gasteiger partial charge in [0.1, 0.15) is 6.04 Å². The van der Waals surface area contributed by atoms with Crippen LogP contribution in [-0.4, -0.2) is 78.7 Å². The van der Waals surface area contributed by atoms with E-state index in [1.165, 1.54) is 12.1 Å². The molecule has 1 aromatic carbocycles. The van der Waals surface area contributed by atoms with Gasteiger partial charge in [0.15, 0.2) is 0 Å². The van der Waals surface area contributed by atoms with E-state index in [9.17, 15) is 23.3 Å². The largest absolute Gasteiger partial charge is 0.330 e. The third-order valence-corrected chi connectivity index (χ3v) is 7.74. The average molecular weight is 461 g/mol. The van der Waals surface area contributed by atoms with Crippen molar-refractivity contribution in [1.29, 1.82) is 5.26 Å². The molecular formula is C21H28N6O4S. The summed E-state index contributed by atoms with van der Waals surface area (Å²) < 4.78 is 23.4. The van der Waals surface area contributed by atoms with Crippen molar-refractivity contribution < 1.29 is 18.0 Å². The van der Waals surface area contributed by atoms with Crippen LogP contribution in [0.3, 0.4) is 0 Å². The van der Waals surface area contributed by atoms with Crippen LogP contribution in [0.5, 0.6) is 0 Å². The van der Waals surface area contributed by atoms with Crippen LogP contribution in [0.15, 0.2) is 29.2 Å². The molecule has 0 spiro atoms. The molecule has 11 heteroatoms. The zero-order valence-corrected chi connectivity index (χ0v) is 18.7. The molecule has 2 amide bonds. The Bertz CT molecular complexity index is 1070. The molecule has 3 heterocycles. The maximum absolute atomic E-state index is 13.1. The van der Waals surface area contributed by atoms with Gasteiger partial charge in [0.2, 0.25) is 21.8 Å². The minimum Gasteiger partial charge on any atom is -0.330 e. The topological polar surface area (TPSA) is 154 Å². The number of piperazine rings is 1. The first-order valence-electron chi connectivity index (χ1n) is 10.8. The van der Waals surface area contributed by atoms with Gasteiger partial charge in [0.25, 0.3) is 0 Å². The molecule has 0 aromatic heterocycles. The summed E-state index contributed by atoms with van der Waals surface area (Å²) in [7, 11) is -3.83. The second-order valence-electron chi connectivity index (χ2n) is 8.82. The maximum Gasteiger partial charge on any atom is 0.241 e. The lowest BCUT2D eigenvalue weighted by molar-refractivity contribution is -0.141. The van der Waals surface area contributed by atoms with E-state index < -0.39 is 22.1 Å². The van der Waals surface area contributed by atoms with Gasteiger partial charge in [-0.05, 0) is 43.9 Å². The fraction of sp³-hybridized carbons (Fsp3) is 0.571. The highest BCUT2D eigenvalue weighted by atomic mass is 32.2. The predicted molar refractivity (Wildman–Crippen MR) is 115 cm³/mol. The normalized spacial score (nSPS) is 27.6. The highest BCUT2D eigenvalue weighted by Gasteiger charge is 2.51. The molecule has 3 aliphatic rings. The molecule has 4 N–H and O–H groups in total. The van der Waals surface area contributed by atoms with Crippen LogP contribution in [-0.2, 0) is 19.6 Å². The van der Waals surface area contributed by atoms with E-state index in [1.807, 2.05) is 11.8 Å². The summed E-state index contributed by atoms with van der Waals surface area (Å²) in [5.41, 5.74) is 6.88. The Morgan fingerprint density at radius 1 is 1.38 bits per heavy atom. The number of carbonyl (C=O) groups excluding carboxylic acids is 2. The molecule has 5 atom stereocenters. The zero-order chi connectivity index (χ0) is 23.2. The van der Waals surface area contributed by atoms with Gasteiger partial charge >= 0.3 is 0 Å². The SMILES string of the molecule is C[C@@H](c1cccc(S(N)(=O)=O)c1)N1C(=O)C2C[C@H]1CN2CC(N)C(=O)N1CCCC1C#N. The third kappa shape index (κ3) is 3.99. The number of primary sulfonamides is 1. The predicted octanol–water partition coefficient (Wildman–Crippen LogP) is -0.478. The molecule has 0 aliphatic carbocycles. The summed E-state index contributed by atoms with van der Waals surface area (Å²) in [5, 5.41) is 14.5. The van der Waals surface area contributed by atoms with Crippen LogP contribution >= 0.6 is 0 Å². The second kappa shape index (κ2) is 8.44. The maximum atomic E-state index is 13.1. The lowest BCUT2D eigenvalue weighted by Crippen LogP contribution is -2.56. The van der Waals surface area contributed by atoms with Crippen LogP contribution < -0.4 is 10.9 Å². The van der Waals surface area contributed by atoms with Crippen molar-refractivity contribution in [2.45, 2.75) is 61.3 Å². The number of nitriles is 1. The van der Waals surface area contributed by atoms with E-state index in [-0.39, 0.29) is 41.4 Å². The summed E-state index contributed by atoms with van der Waals surface area (Å²) in [4.78, 5) is 31.2. The Labute approximate surface area is 187 Å². The highest BCUT2D eigenvalue weighted by Crippen LogP contribution is 2.38. The van der Waals surface area contributed by atoms with Gasteiger partial charge in [0, 0.05) is 25.7 Å². The molecule has 10 nitrogen and oxygen atoms in total. The van der Waals surface area contributed by atoms with Crippen LogP contribution in [0.2, 0.25) is 0 Å². The van der Waals surface area contributed by atoms with Crippen LogP contribution in [0.4, 0.5) is 0 Å². The van der Waals surface area contributed by atoms with Crippen LogP contribution in [0, 0.1) is 11.3 Å². The monoisotopic (exact) mass is 460 g/mol. The summed E-state index contributed by atoms with van der Waals surface area (Å²) in [6.07, 6.45) is 2.11. The molecule has 3 fully saturated rings. The molecule has 3 saturated heterocycles. The Morgan fingerprint density at radius 3 is 2.78 bits per heavy atom. The van der Waals surface area contributed by atoms with Gasteiger partial charge in [-0.1, -0.05) is 12.1 Å². The minimum absolute atomic E-state index is 0.0161. The molecular weight excluding hydrogens is 432 g/mol. The molecule has 172 valence electrons. The summed E-state index contributed by atoms with van der Waals surface area (Å²) in [5.74, 6) is -0.292. The standard InChI is InChI=1S/C21H28N6O4S/c1-13(14-4-2-6-17(8-14)32(24,30)31)27-16-9-19(21(27)29)25(11-16)12-18(23)20(28)26-7-3-5-15(26)10-22/h2,4,6,8,13,15-16,18-19H,3,5,7,9,11-12,23H2,1H3,(H2,24,30,31)/t13-,15?,16-,18?,19?/m0/s1. The molecule has 0 radical (unpaired) electrons. The Morgan fingerprint density at radius 2 is 2.12 bits per heavy atom. The van der Waals surface area contributed by atoms with Gasteiger partial charge in [-0.25, -0.2) is 13.6 Å². The number of hydrogen-bond acceptors (Lipinski definition) is 7. The number of likely N-dealkylation sites (tertiary alicyclic amines) is 3. The van der Waals surface area contributed by atoms with E-state index in [4.69, 9.17) is 10.9 Å². The van der Waals surface area contributed by atoms with Gasteiger partial charge < -0.3 is 15.5 Å². The third-order valence-electron chi connectivity index (χ3n) is 6.83. The molecule has 3 aliphatic heterocycles. The summed E-state index contributed by atoms with van der Waals surface area (Å²) in [6, 6.07) is 6.59. The van der Waals surface area contributed by atoms with Crippen LogP contribution in [0.25, 0.3) is 0 Å². The Balaban J connectivity index is 1.42. The second-order valence-corrected chi connectivity index (χ2v) is 10.4. The quantitative estimate of drug-likeness (QED) is 0.581. The molecule has 2 bridgehead atoms. The van der Waals surface area contributed by atoms with Crippen LogP contribution in [0.1, 0.15) is 37.8 Å². The van der Waals surface area contributed by atoms with Gasteiger partial charge in [-0.3, -0.25) is 14.5 Å². The molecule has 0 saturated carbocycles. The number of amides is 2. The van der Waals surface area contributed by atoms with Crippen molar-refractivity contribution in [3.63, 3.8) is 0 Å². The fourth-order valence-electron chi connectivity index (χ4n) is 5.22. The van der Waals surface area contributed by atoms with E-state index in [0.29, 0.717) is 31.5 Å². The smallest absolute Gasteiger partial charge is 0.241 e. The number of benzene rings is 1. The number of nitrogens with zero attached hydrogens (tertiary/aromatic N) is 4. The first kappa shape index (κ1) is 22.7. The van der Waals surface area contributed by atoms with Crippen molar-refractivity contribution in [3.05, 3.63) is 29.8 Å². The van der Waals surface area contributed by atoms with E-state index in [1.54, 1.807) is 21.9 Å². The molecule has 4 rings (SSSR count). The van der Waals surface area contributed by atoms with Gasteiger partial charge in [-0.15, -0.1) is 0 Å². The zero-order valence-electron chi connectivity index (χ0n) is 17.9. The lowest BCUT2D eigenvalue weighted by atomic mass is 10.1. The van der Waals surface area contributed by atoms with E-state index in [0.717, 1.165) is 6.42 Å². The number of rotatable bonds is 6. The average Bonchev–Trinajstić information content (AvgIpc) is 3.46. The molecule has 3 unspecified atom stereocenters. The van der Waals surface area contributed by atoms with Crippen molar-refractivity contribution in [1.82, 2.24) is 14.7 Å². The highest BCUT2D eigenvalue weighted by molar-refractivity contribution is 7.89. The van der Waals surface area contributed by atoms with E-state index in [2.05, 4.69) is 6.07 Å². The van der Waals surface area contributed by atoms with Crippen molar-refractivity contribution in [3.8, 4) is 6.07 Å². The van der Waals surface area contributed by atoms with Gasteiger partial charge in [0.05, 0.1) is 29.1 Å². The number of hydrogen-bond donors (Lipinski definition) is 2. The van der Waals surface area contributed by atoms with E-state index >= 15 is 0 Å². The van der Waals surface area contributed by atoms with Crippen molar-refractivity contribution in [2.24, 2.45) is 10.9 Å². The Kier molecular flexibility index (Phi) is 5.98. The van der Waals surface area contributed by atoms with Crippen molar-refractivity contribution >= 4 is 21.8 Å².